The molecule has 2 aromatic rings. The van der Waals surface area contributed by atoms with Crippen molar-refractivity contribution < 1.29 is 28.1 Å². The molecule has 1 heterocycles. The molecule has 0 aliphatic heterocycles. The largest absolute Gasteiger partial charge is 0.478 e. The van der Waals surface area contributed by atoms with Gasteiger partial charge in [-0.2, -0.15) is 4.31 Å². The molecule has 0 amide bonds. The Morgan fingerprint density at radius 1 is 1.18 bits per heavy atom. The summed E-state index contributed by atoms with van der Waals surface area (Å²) >= 11 is 0. The van der Waals surface area contributed by atoms with Crippen molar-refractivity contribution in [3.63, 3.8) is 0 Å². The number of imidazole rings is 1. The van der Waals surface area contributed by atoms with Gasteiger partial charge in [-0.25, -0.2) is 18.5 Å². The average Bonchev–Trinajstić information content (AvgIpc) is 2.57. The van der Waals surface area contributed by atoms with E-state index in [1.807, 2.05) is 0 Å². The molecule has 0 bridgehead atoms. The van der Waals surface area contributed by atoms with Gasteiger partial charge in [0.15, 0.2) is 0 Å². The second-order valence-electron chi connectivity index (χ2n) is 3.14. The monoisotopic (exact) mass is 278 g/mol. The zero-order chi connectivity index (χ0) is 12.7. The molecule has 0 spiro atoms. The van der Waals surface area contributed by atoms with Crippen LogP contribution in [-0.2, 0) is 13.4 Å². The molecule has 8 nitrogen and oxygen atoms in total. The van der Waals surface area contributed by atoms with Crippen LogP contribution in [0.25, 0.3) is 11.0 Å². The molecule has 0 saturated heterocycles. The summed E-state index contributed by atoms with van der Waals surface area (Å²) in [6.45, 7) is 0. The molecule has 1 aromatic carbocycles. The molecule has 0 aliphatic carbocycles. The number of hydrogen-bond acceptors (Lipinski definition) is 4. The maximum Gasteiger partial charge on any atom is 0.478 e. The van der Waals surface area contributed by atoms with Crippen molar-refractivity contribution in [3.05, 3.63) is 30.6 Å². The second-order valence-corrected chi connectivity index (χ2v) is 6.19. The van der Waals surface area contributed by atoms with Gasteiger partial charge in [0, 0.05) is 0 Å². The molecule has 0 aliphatic rings. The Morgan fingerprint density at radius 3 is 2.47 bits per heavy atom. The first kappa shape index (κ1) is 12.4. The van der Waals surface area contributed by atoms with Crippen molar-refractivity contribution in [2.45, 2.75) is 0 Å². The lowest BCUT2D eigenvalue weighted by atomic mass is 10.3. The van der Waals surface area contributed by atoms with E-state index >= 15 is 0 Å². The predicted octanol–water partition coefficient (Wildman–Crippen LogP) is 1.09. The van der Waals surface area contributed by atoms with E-state index < -0.39 is 15.6 Å². The van der Waals surface area contributed by atoms with Crippen LogP contribution in [0.3, 0.4) is 0 Å². The van der Waals surface area contributed by atoms with Gasteiger partial charge >= 0.3 is 15.6 Å². The Bertz CT molecular complexity index is 647. The van der Waals surface area contributed by atoms with Crippen LogP contribution in [0.4, 0.5) is 0 Å². The van der Waals surface area contributed by atoms with Crippen molar-refractivity contribution in [1.82, 2.24) is 9.32 Å². The molecule has 17 heavy (non-hydrogen) atoms. The summed E-state index contributed by atoms with van der Waals surface area (Å²) in [7, 11) is -9.74. The molecule has 1 atom stereocenters. The van der Waals surface area contributed by atoms with Crippen LogP contribution in [0.1, 0.15) is 0 Å². The van der Waals surface area contributed by atoms with Crippen molar-refractivity contribution >= 4 is 26.6 Å². The standard InChI is InChI=1S/C7H8N2O6P2/c10-16(11,15-17(12,13)14)9-5-8-6-3-1-2-4-7(6)9/h1-5H,(H,10,11)(H2,12,13,14). The smallest absolute Gasteiger partial charge is 0.307 e. The Labute approximate surface area is 95.3 Å². The van der Waals surface area contributed by atoms with Crippen molar-refractivity contribution in [2.75, 3.05) is 0 Å². The van der Waals surface area contributed by atoms with Crippen molar-refractivity contribution in [1.29, 1.82) is 0 Å². The normalized spacial score (nSPS) is 15.9. The van der Waals surface area contributed by atoms with Crippen molar-refractivity contribution in [2.24, 2.45) is 0 Å². The molecule has 0 fully saturated rings. The quantitative estimate of drug-likeness (QED) is 0.718. The van der Waals surface area contributed by atoms with Gasteiger partial charge < -0.3 is 14.7 Å². The molecule has 0 radical (unpaired) electrons. The van der Waals surface area contributed by atoms with E-state index in [1.165, 1.54) is 6.07 Å². The first-order valence-corrected chi connectivity index (χ1v) is 7.38. The highest BCUT2D eigenvalue weighted by Crippen LogP contribution is 2.58. The van der Waals surface area contributed by atoms with Crippen LogP contribution < -0.4 is 0 Å². The first-order chi connectivity index (χ1) is 7.80. The first-order valence-electron chi connectivity index (χ1n) is 4.32. The lowest BCUT2D eigenvalue weighted by Crippen LogP contribution is -1.97. The van der Waals surface area contributed by atoms with Gasteiger partial charge in [0.25, 0.3) is 0 Å². The number of para-hydroxylation sites is 2. The fourth-order valence-corrected chi connectivity index (χ4v) is 3.37. The third kappa shape index (κ3) is 2.63. The van der Waals surface area contributed by atoms with Crippen LogP contribution in [0.15, 0.2) is 30.6 Å². The van der Waals surface area contributed by atoms with E-state index in [-0.39, 0.29) is 5.52 Å². The van der Waals surface area contributed by atoms with Crippen LogP contribution in [0.2, 0.25) is 0 Å². The minimum atomic E-state index is -5.07. The predicted molar refractivity (Wildman–Crippen MR) is 58.1 cm³/mol. The zero-order valence-electron chi connectivity index (χ0n) is 8.24. The summed E-state index contributed by atoms with van der Waals surface area (Å²) in [5, 5.41) is 0. The van der Waals surface area contributed by atoms with Gasteiger partial charge in [-0.05, 0) is 12.1 Å². The van der Waals surface area contributed by atoms with Gasteiger partial charge in [0.05, 0.1) is 11.0 Å². The number of phosphoric acid groups is 1. The van der Waals surface area contributed by atoms with Gasteiger partial charge in [0.2, 0.25) is 0 Å². The van der Waals surface area contributed by atoms with Crippen LogP contribution in [0, 0.1) is 0 Å². The summed E-state index contributed by atoms with van der Waals surface area (Å²) in [4.78, 5) is 30.4. The number of hydrogen-bond donors (Lipinski definition) is 3. The van der Waals surface area contributed by atoms with E-state index in [9.17, 15) is 14.0 Å². The van der Waals surface area contributed by atoms with Gasteiger partial charge in [-0.1, -0.05) is 12.1 Å². The maximum absolute atomic E-state index is 11.7. The molecule has 10 heteroatoms. The minimum Gasteiger partial charge on any atom is -0.307 e. The molecule has 1 aromatic heterocycles. The SMILES string of the molecule is O=P(O)(O)OP(=O)(O)n1cnc2ccccc21. The molecule has 0 saturated carbocycles. The van der Waals surface area contributed by atoms with Crippen molar-refractivity contribution in [3.8, 4) is 0 Å². The molecule has 1 unspecified atom stereocenters. The highest BCUT2D eigenvalue weighted by atomic mass is 31.3. The van der Waals surface area contributed by atoms with Gasteiger partial charge in [-0.15, -0.1) is 0 Å². The second kappa shape index (κ2) is 4.03. The third-order valence-electron chi connectivity index (χ3n) is 1.92. The number of rotatable bonds is 3. The van der Waals surface area contributed by atoms with E-state index in [4.69, 9.17) is 9.79 Å². The number of aromatic nitrogens is 2. The zero-order valence-corrected chi connectivity index (χ0v) is 10.0. The summed E-state index contributed by atoms with van der Waals surface area (Å²) in [5.74, 6) is 0. The van der Waals surface area contributed by atoms with Gasteiger partial charge in [0.1, 0.15) is 6.33 Å². The highest BCUT2D eigenvalue weighted by Gasteiger charge is 2.33. The topological polar surface area (TPSA) is 122 Å². The van der Waals surface area contributed by atoms with E-state index in [2.05, 4.69) is 9.29 Å². The fourth-order valence-electron chi connectivity index (χ4n) is 1.33. The molecule has 3 N–H and O–H groups in total. The summed E-state index contributed by atoms with van der Waals surface area (Å²) in [6.07, 6.45) is 0.987. The Kier molecular flexibility index (Phi) is 2.95. The molecular weight excluding hydrogens is 270 g/mol. The van der Waals surface area contributed by atoms with Crippen LogP contribution >= 0.6 is 15.6 Å². The minimum absolute atomic E-state index is 0.242. The summed E-state index contributed by atoms with van der Waals surface area (Å²) in [6, 6.07) is 6.33. The van der Waals surface area contributed by atoms with E-state index in [1.54, 1.807) is 18.2 Å². The Balaban J connectivity index is 2.53. The highest BCUT2D eigenvalue weighted by molar-refractivity contribution is 7.62. The third-order valence-corrected chi connectivity index (χ3v) is 4.48. The van der Waals surface area contributed by atoms with Crippen LogP contribution in [0.5, 0.6) is 0 Å². The molecule has 92 valence electrons. The lowest BCUT2D eigenvalue weighted by molar-refractivity contribution is 0.260. The fraction of sp³-hybridized carbons (Fsp3) is 0. The summed E-state index contributed by atoms with van der Waals surface area (Å²) < 4.78 is 26.8. The lowest BCUT2D eigenvalue weighted by Gasteiger charge is -2.13. The maximum atomic E-state index is 11.7. The number of nitrogens with zero attached hydrogens (tertiary/aromatic N) is 2. The van der Waals surface area contributed by atoms with Gasteiger partial charge in [-0.3, -0.25) is 0 Å². The molecule has 2 rings (SSSR count). The van der Waals surface area contributed by atoms with E-state index in [0.29, 0.717) is 9.85 Å². The van der Waals surface area contributed by atoms with E-state index in [0.717, 1.165) is 6.33 Å². The molecular formula is C7H8N2O6P2. The Hall–Kier alpha value is -1.01. The average molecular weight is 278 g/mol. The Morgan fingerprint density at radius 2 is 1.82 bits per heavy atom. The number of fused-ring (bicyclic) bond motifs is 1. The van der Waals surface area contributed by atoms with Crippen LogP contribution in [-0.4, -0.2) is 24.0 Å². The summed E-state index contributed by atoms with van der Waals surface area (Å²) in [5.41, 5.74) is 0.655. The number of benzene rings is 1.